The lowest BCUT2D eigenvalue weighted by molar-refractivity contribution is -0.111. The molecule has 0 aliphatic heterocycles. The van der Waals surface area contributed by atoms with Gasteiger partial charge in [-0.05, 0) is 57.0 Å². The third kappa shape index (κ3) is 4.18. The van der Waals surface area contributed by atoms with Gasteiger partial charge in [-0.3, -0.25) is 9.36 Å². The van der Waals surface area contributed by atoms with Crippen molar-refractivity contribution >= 4 is 17.7 Å². The SMILES string of the molecule is COc1cc(C)c(NC(=O)C=Cc2cc(C)n(-c3cc(C)on3)c2C)cc1OC. The summed E-state index contributed by atoms with van der Waals surface area (Å²) in [6.45, 7) is 7.72. The molecule has 0 fully saturated rings. The maximum Gasteiger partial charge on any atom is 0.248 e. The van der Waals surface area contributed by atoms with Crippen LogP contribution in [0.4, 0.5) is 5.69 Å². The van der Waals surface area contributed by atoms with E-state index < -0.39 is 0 Å². The summed E-state index contributed by atoms with van der Waals surface area (Å²) in [4.78, 5) is 12.5. The molecule has 0 saturated heterocycles. The van der Waals surface area contributed by atoms with Crippen molar-refractivity contribution in [2.45, 2.75) is 27.7 Å². The van der Waals surface area contributed by atoms with Crippen LogP contribution in [0.5, 0.6) is 11.5 Å². The molecule has 0 aliphatic carbocycles. The van der Waals surface area contributed by atoms with E-state index in [9.17, 15) is 4.79 Å². The highest BCUT2D eigenvalue weighted by atomic mass is 16.5. The first-order valence-corrected chi connectivity index (χ1v) is 9.18. The van der Waals surface area contributed by atoms with Crippen LogP contribution in [0.25, 0.3) is 11.9 Å². The number of benzene rings is 1. The Hall–Kier alpha value is -3.48. The van der Waals surface area contributed by atoms with Crippen molar-refractivity contribution in [1.29, 1.82) is 0 Å². The first kappa shape index (κ1) is 20.3. The van der Waals surface area contributed by atoms with Crippen LogP contribution in [-0.4, -0.2) is 29.9 Å². The molecule has 0 radical (unpaired) electrons. The Balaban J connectivity index is 1.80. The molecule has 0 atom stereocenters. The predicted octanol–water partition coefficient (Wildman–Crippen LogP) is 4.37. The van der Waals surface area contributed by atoms with Crippen LogP contribution in [0.2, 0.25) is 0 Å². The van der Waals surface area contributed by atoms with E-state index in [1.54, 1.807) is 26.4 Å². The second kappa shape index (κ2) is 8.26. The molecule has 0 saturated carbocycles. The van der Waals surface area contributed by atoms with Gasteiger partial charge in [-0.2, -0.15) is 0 Å². The topological polar surface area (TPSA) is 78.5 Å². The Kier molecular flexibility index (Phi) is 5.77. The monoisotopic (exact) mass is 395 g/mol. The molecular weight excluding hydrogens is 370 g/mol. The fraction of sp³-hybridized carbons (Fsp3) is 0.273. The number of rotatable bonds is 6. The Labute approximate surface area is 169 Å². The standard InChI is InChI=1S/C22H25N3O4/c1-13-9-19(27-5)20(28-6)12-18(13)23-22(26)8-7-17-10-14(2)25(16(17)4)21-11-15(3)29-24-21/h7-12H,1-6H3,(H,23,26). The first-order chi connectivity index (χ1) is 13.8. The third-order valence-corrected chi connectivity index (χ3v) is 4.72. The van der Waals surface area contributed by atoms with Crippen molar-refractivity contribution in [3.05, 3.63) is 58.6 Å². The highest BCUT2D eigenvalue weighted by Gasteiger charge is 2.13. The zero-order valence-electron chi connectivity index (χ0n) is 17.5. The smallest absolute Gasteiger partial charge is 0.248 e. The van der Waals surface area contributed by atoms with Gasteiger partial charge >= 0.3 is 0 Å². The first-order valence-electron chi connectivity index (χ1n) is 9.18. The fourth-order valence-corrected chi connectivity index (χ4v) is 3.22. The maximum absolute atomic E-state index is 12.5. The van der Waals surface area contributed by atoms with Crippen molar-refractivity contribution in [3.63, 3.8) is 0 Å². The zero-order chi connectivity index (χ0) is 21.1. The number of nitrogens with one attached hydrogen (secondary N) is 1. The summed E-state index contributed by atoms with van der Waals surface area (Å²) in [6.07, 6.45) is 3.30. The highest BCUT2D eigenvalue weighted by molar-refractivity contribution is 6.02. The summed E-state index contributed by atoms with van der Waals surface area (Å²) in [6, 6.07) is 7.45. The predicted molar refractivity (Wildman–Crippen MR) is 112 cm³/mol. The Morgan fingerprint density at radius 3 is 2.38 bits per heavy atom. The van der Waals surface area contributed by atoms with Gasteiger partial charge in [0, 0.05) is 35.3 Å². The van der Waals surface area contributed by atoms with E-state index in [1.807, 2.05) is 50.5 Å². The fourth-order valence-electron chi connectivity index (χ4n) is 3.22. The minimum Gasteiger partial charge on any atom is -0.493 e. The van der Waals surface area contributed by atoms with Crippen molar-refractivity contribution in [2.75, 3.05) is 19.5 Å². The molecule has 2 heterocycles. The number of hydrogen-bond acceptors (Lipinski definition) is 5. The Morgan fingerprint density at radius 1 is 1.07 bits per heavy atom. The van der Waals surface area contributed by atoms with Crippen molar-refractivity contribution in [3.8, 4) is 17.3 Å². The second-order valence-corrected chi connectivity index (χ2v) is 6.80. The summed E-state index contributed by atoms with van der Waals surface area (Å²) in [5, 5.41) is 6.96. The van der Waals surface area contributed by atoms with E-state index in [4.69, 9.17) is 14.0 Å². The number of hydrogen-bond donors (Lipinski definition) is 1. The molecule has 7 nitrogen and oxygen atoms in total. The summed E-state index contributed by atoms with van der Waals surface area (Å²) < 4.78 is 17.8. The molecule has 1 aromatic carbocycles. The van der Waals surface area contributed by atoms with E-state index in [-0.39, 0.29) is 5.91 Å². The molecule has 2 aromatic heterocycles. The van der Waals surface area contributed by atoms with Gasteiger partial charge in [0.1, 0.15) is 5.76 Å². The third-order valence-electron chi connectivity index (χ3n) is 4.72. The van der Waals surface area contributed by atoms with Gasteiger partial charge in [0.05, 0.1) is 14.2 Å². The number of carbonyl (C=O) groups excluding carboxylic acids is 1. The second-order valence-electron chi connectivity index (χ2n) is 6.80. The van der Waals surface area contributed by atoms with Crippen LogP contribution in [0, 0.1) is 27.7 Å². The van der Waals surface area contributed by atoms with Gasteiger partial charge in [-0.1, -0.05) is 5.16 Å². The lowest BCUT2D eigenvalue weighted by Gasteiger charge is -2.12. The molecule has 0 spiro atoms. The Morgan fingerprint density at radius 2 is 1.76 bits per heavy atom. The van der Waals surface area contributed by atoms with Gasteiger partial charge in [-0.25, -0.2) is 0 Å². The molecule has 0 bridgehead atoms. The summed E-state index contributed by atoms with van der Waals surface area (Å²) in [5.74, 6) is 2.41. The molecular formula is C22H25N3O4. The van der Waals surface area contributed by atoms with Crippen LogP contribution >= 0.6 is 0 Å². The van der Waals surface area contributed by atoms with Crippen LogP contribution in [0.15, 0.2) is 34.9 Å². The van der Waals surface area contributed by atoms with Gasteiger partial charge in [0.15, 0.2) is 17.3 Å². The number of carbonyl (C=O) groups is 1. The van der Waals surface area contributed by atoms with Gasteiger partial charge in [-0.15, -0.1) is 0 Å². The quantitative estimate of drug-likeness (QED) is 0.627. The summed E-state index contributed by atoms with van der Waals surface area (Å²) in [7, 11) is 3.14. The molecule has 152 valence electrons. The van der Waals surface area contributed by atoms with E-state index in [0.717, 1.165) is 34.1 Å². The number of amides is 1. The number of ether oxygens (including phenoxy) is 2. The minimum absolute atomic E-state index is 0.234. The summed E-state index contributed by atoms with van der Waals surface area (Å²) >= 11 is 0. The van der Waals surface area contributed by atoms with Gasteiger partial charge < -0.3 is 19.3 Å². The molecule has 0 unspecified atom stereocenters. The van der Waals surface area contributed by atoms with E-state index in [1.165, 1.54) is 6.08 Å². The van der Waals surface area contributed by atoms with Gasteiger partial charge in [0.2, 0.25) is 5.91 Å². The molecule has 0 aliphatic rings. The molecule has 1 amide bonds. The van der Waals surface area contributed by atoms with E-state index in [2.05, 4.69) is 10.5 Å². The number of aromatic nitrogens is 2. The largest absolute Gasteiger partial charge is 0.493 e. The van der Waals surface area contributed by atoms with Crippen LogP contribution in [0.3, 0.4) is 0 Å². The molecule has 3 aromatic rings. The number of nitrogens with zero attached hydrogens (tertiary/aromatic N) is 2. The van der Waals surface area contributed by atoms with E-state index in [0.29, 0.717) is 17.2 Å². The molecule has 3 rings (SSSR count). The lowest BCUT2D eigenvalue weighted by Crippen LogP contribution is -2.09. The van der Waals surface area contributed by atoms with Crippen LogP contribution < -0.4 is 14.8 Å². The molecule has 7 heteroatoms. The van der Waals surface area contributed by atoms with Crippen molar-refractivity contribution < 1.29 is 18.8 Å². The zero-order valence-corrected chi connectivity index (χ0v) is 17.5. The van der Waals surface area contributed by atoms with Crippen molar-refractivity contribution in [2.24, 2.45) is 0 Å². The number of aryl methyl sites for hydroxylation is 3. The van der Waals surface area contributed by atoms with E-state index >= 15 is 0 Å². The normalized spacial score (nSPS) is 11.1. The average Bonchev–Trinajstić information content (AvgIpc) is 3.23. The molecule has 29 heavy (non-hydrogen) atoms. The highest BCUT2D eigenvalue weighted by Crippen LogP contribution is 2.33. The maximum atomic E-state index is 12.5. The molecule has 1 N–H and O–H groups in total. The van der Waals surface area contributed by atoms with Crippen LogP contribution in [0.1, 0.15) is 28.3 Å². The van der Waals surface area contributed by atoms with Crippen molar-refractivity contribution in [1.82, 2.24) is 9.72 Å². The Bertz CT molecular complexity index is 1080. The number of anilines is 1. The number of methoxy groups -OCH3 is 2. The lowest BCUT2D eigenvalue weighted by atomic mass is 10.1. The minimum atomic E-state index is -0.234. The van der Waals surface area contributed by atoms with Crippen LogP contribution in [-0.2, 0) is 4.79 Å². The average molecular weight is 395 g/mol. The summed E-state index contributed by atoms with van der Waals surface area (Å²) in [5.41, 5.74) is 4.46. The van der Waals surface area contributed by atoms with Gasteiger partial charge in [0.25, 0.3) is 0 Å².